The summed E-state index contributed by atoms with van der Waals surface area (Å²) in [5.74, 6) is 1.12. The molecule has 0 bridgehead atoms. The standard InChI is InChI=1S/C19H20BrN5O/c1-12-9-15(3-4-16(12)20)23-18-10-17(14-5-7-21-8-6-14)24-19(25-18)22-13(2)11-26/h3-10,13,26H,11H2,1-2H3,(H2,22,23,24,25)/t13-/m1/s1. The number of aromatic nitrogens is 3. The maximum atomic E-state index is 9.30. The van der Waals surface area contributed by atoms with Crippen LogP contribution in [0, 0.1) is 6.92 Å². The Balaban J connectivity index is 1.97. The van der Waals surface area contributed by atoms with Crippen molar-refractivity contribution in [2.24, 2.45) is 0 Å². The first kappa shape index (κ1) is 18.3. The summed E-state index contributed by atoms with van der Waals surface area (Å²) in [6, 6.07) is 11.6. The minimum absolute atomic E-state index is 0.00247. The fourth-order valence-electron chi connectivity index (χ4n) is 2.38. The van der Waals surface area contributed by atoms with E-state index in [2.05, 4.69) is 41.5 Å². The summed E-state index contributed by atoms with van der Waals surface area (Å²) in [6.45, 7) is 3.90. The largest absolute Gasteiger partial charge is 0.394 e. The Morgan fingerprint density at radius 3 is 2.58 bits per heavy atom. The van der Waals surface area contributed by atoms with Gasteiger partial charge in [-0.3, -0.25) is 4.98 Å². The van der Waals surface area contributed by atoms with Crippen LogP contribution in [-0.4, -0.2) is 32.7 Å². The lowest BCUT2D eigenvalue weighted by Gasteiger charge is -2.14. The topological polar surface area (TPSA) is 83.0 Å². The molecule has 134 valence electrons. The third-order valence-electron chi connectivity index (χ3n) is 3.78. The van der Waals surface area contributed by atoms with E-state index >= 15 is 0 Å². The van der Waals surface area contributed by atoms with Crippen molar-refractivity contribution in [3.63, 3.8) is 0 Å². The van der Waals surface area contributed by atoms with Crippen molar-refractivity contribution in [3.8, 4) is 11.3 Å². The minimum atomic E-state index is -0.148. The number of aryl methyl sites for hydroxylation is 1. The predicted octanol–water partition coefficient (Wildman–Crippen LogP) is 4.15. The first-order valence-corrected chi connectivity index (χ1v) is 9.04. The van der Waals surface area contributed by atoms with Gasteiger partial charge < -0.3 is 15.7 Å². The van der Waals surface area contributed by atoms with E-state index < -0.39 is 0 Å². The lowest BCUT2D eigenvalue weighted by molar-refractivity contribution is 0.281. The van der Waals surface area contributed by atoms with Crippen molar-refractivity contribution in [2.75, 3.05) is 17.2 Å². The van der Waals surface area contributed by atoms with Crippen molar-refractivity contribution in [1.29, 1.82) is 0 Å². The fourth-order valence-corrected chi connectivity index (χ4v) is 2.63. The van der Waals surface area contributed by atoms with Gasteiger partial charge in [0.1, 0.15) is 5.82 Å². The molecule has 0 saturated carbocycles. The number of halogens is 1. The number of aliphatic hydroxyl groups excluding tert-OH is 1. The molecular formula is C19H20BrN5O. The van der Waals surface area contributed by atoms with Gasteiger partial charge in [-0.2, -0.15) is 4.98 Å². The molecule has 0 amide bonds. The van der Waals surface area contributed by atoms with Gasteiger partial charge in [0.2, 0.25) is 5.95 Å². The van der Waals surface area contributed by atoms with Crippen molar-refractivity contribution >= 4 is 33.4 Å². The van der Waals surface area contributed by atoms with Crippen molar-refractivity contribution in [1.82, 2.24) is 15.0 Å². The molecule has 7 heteroatoms. The van der Waals surface area contributed by atoms with Gasteiger partial charge in [0.15, 0.2) is 0 Å². The second-order valence-corrected chi connectivity index (χ2v) is 6.87. The molecule has 26 heavy (non-hydrogen) atoms. The quantitative estimate of drug-likeness (QED) is 0.562. The van der Waals surface area contributed by atoms with Gasteiger partial charge in [0.25, 0.3) is 0 Å². The molecule has 3 N–H and O–H groups in total. The lowest BCUT2D eigenvalue weighted by Crippen LogP contribution is -2.21. The number of aliphatic hydroxyl groups is 1. The van der Waals surface area contributed by atoms with Gasteiger partial charge in [-0.1, -0.05) is 15.9 Å². The fraction of sp³-hybridized carbons (Fsp3) is 0.211. The van der Waals surface area contributed by atoms with E-state index in [0.29, 0.717) is 11.8 Å². The highest BCUT2D eigenvalue weighted by molar-refractivity contribution is 9.10. The summed E-state index contributed by atoms with van der Waals surface area (Å²) >= 11 is 3.51. The van der Waals surface area contributed by atoms with Gasteiger partial charge in [-0.05, 0) is 49.7 Å². The molecule has 3 rings (SSSR count). The summed E-state index contributed by atoms with van der Waals surface area (Å²) in [6.07, 6.45) is 3.46. The zero-order valence-corrected chi connectivity index (χ0v) is 16.2. The Kier molecular flexibility index (Phi) is 5.80. The summed E-state index contributed by atoms with van der Waals surface area (Å²) in [7, 11) is 0. The molecule has 1 atom stereocenters. The van der Waals surface area contributed by atoms with E-state index in [1.165, 1.54) is 0 Å². The van der Waals surface area contributed by atoms with Crippen LogP contribution in [0.3, 0.4) is 0 Å². The number of hydrogen-bond donors (Lipinski definition) is 3. The zero-order chi connectivity index (χ0) is 18.5. The molecule has 0 fully saturated rings. The molecule has 0 spiro atoms. The molecule has 0 aliphatic rings. The van der Waals surface area contributed by atoms with E-state index in [9.17, 15) is 5.11 Å². The van der Waals surface area contributed by atoms with E-state index in [0.717, 1.165) is 27.0 Å². The van der Waals surface area contributed by atoms with Crippen LogP contribution in [0.25, 0.3) is 11.3 Å². The average molecular weight is 414 g/mol. The number of nitrogens with zero attached hydrogens (tertiary/aromatic N) is 3. The first-order chi connectivity index (χ1) is 12.5. The Morgan fingerprint density at radius 1 is 1.12 bits per heavy atom. The number of pyridine rings is 1. The summed E-state index contributed by atoms with van der Waals surface area (Å²) in [5, 5.41) is 15.7. The van der Waals surface area contributed by atoms with Crippen LogP contribution in [0.4, 0.5) is 17.5 Å². The predicted molar refractivity (Wildman–Crippen MR) is 108 cm³/mol. The molecule has 6 nitrogen and oxygen atoms in total. The Labute approximate surface area is 160 Å². The SMILES string of the molecule is Cc1cc(Nc2cc(-c3ccncc3)nc(N[C@H](C)CO)n2)ccc1Br. The van der Waals surface area contributed by atoms with Crippen LogP contribution < -0.4 is 10.6 Å². The van der Waals surface area contributed by atoms with Crippen LogP contribution in [0.1, 0.15) is 12.5 Å². The normalized spacial score (nSPS) is 11.8. The van der Waals surface area contributed by atoms with E-state index in [1.807, 2.05) is 50.2 Å². The number of nitrogens with one attached hydrogen (secondary N) is 2. The number of rotatable bonds is 6. The van der Waals surface area contributed by atoms with Gasteiger partial charge in [0.05, 0.1) is 12.3 Å². The monoisotopic (exact) mass is 413 g/mol. The highest BCUT2D eigenvalue weighted by atomic mass is 79.9. The third kappa shape index (κ3) is 4.56. The first-order valence-electron chi connectivity index (χ1n) is 8.25. The van der Waals surface area contributed by atoms with Crippen molar-refractivity contribution in [3.05, 3.63) is 58.8 Å². The molecule has 2 aromatic heterocycles. The molecular weight excluding hydrogens is 394 g/mol. The lowest BCUT2D eigenvalue weighted by atomic mass is 10.2. The van der Waals surface area contributed by atoms with Crippen molar-refractivity contribution < 1.29 is 5.11 Å². The van der Waals surface area contributed by atoms with Gasteiger partial charge in [-0.15, -0.1) is 0 Å². The smallest absolute Gasteiger partial charge is 0.225 e. The number of anilines is 3. The molecule has 1 aromatic carbocycles. The molecule has 0 aliphatic carbocycles. The number of hydrogen-bond acceptors (Lipinski definition) is 6. The second-order valence-electron chi connectivity index (χ2n) is 6.01. The molecule has 0 aliphatic heterocycles. The highest BCUT2D eigenvalue weighted by Gasteiger charge is 2.10. The van der Waals surface area contributed by atoms with E-state index in [-0.39, 0.29) is 12.6 Å². The van der Waals surface area contributed by atoms with E-state index in [4.69, 9.17) is 0 Å². The van der Waals surface area contributed by atoms with Crippen LogP contribution in [0.15, 0.2) is 53.3 Å². The third-order valence-corrected chi connectivity index (χ3v) is 4.67. The molecule has 0 radical (unpaired) electrons. The number of benzene rings is 1. The van der Waals surface area contributed by atoms with Gasteiger partial charge in [0, 0.05) is 40.2 Å². The zero-order valence-electron chi connectivity index (χ0n) is 14.6. The Hall–Kier alpha value is -2.51. The second kappa shape index (κ2) is 8.25. The average Bonchev–Trinajstić information content (AvgIpc) is 2.65. The molecule has 0 unspecified atom stereocenters. The highest BCUT2D eigenvalue weighted by Crippen LogP contribution is 2.25. The molecule has 2 heterocycles. The Morgan fingerprint density at radius 2 is 1.88 bits per heavy atom. The molecule has 0 saturated heterocycles. The molecule has 3 aromatic rings. The van der Waals surface area contributed by atoms with Gasteiger partial charge in [-0.25, -0.2) is 4.98 Å². The van der Waals surface area contributed by atoms with Crippen LogP contribution in [0.5, 0.6) is 0 Å². The summed E-state index contributed by atoms with van der Waals surface area (Å²) in [5.41, 5.74) is 3.78. The van der Waals surface area contributed by atoms with Crippen LogP contribution in [0.2, 0.25) is 0 Å². The summed E-state index contributed by atoms with van der Waals surface area (Å²) < 4.78 is 1.06. The maximum Gasteiger partial charge on any atom is 0.225 e. The summed E-state index contributed by atoms with van der Waals surface area (Å²) in [4.78, 5) is 13.1. The Bertz CT molecular complexity index is 888. The maximum absolute atomic E-state index is 9.30. The van der Waals surface area contributed by atoms with Crippen molar-refractivity contribution in [2.45, 2.75) is 19.9 Å². The van der Waals surface area contributed by atoms with E-state index in [1.54, 1.807) is 12.4 Å². The minimum Gasteiger partial charge on any atom is -0.394 e. The van der Waals surface area contributed by atoms with Gasteiger partial charge >= 0.3 is 0 Å². The van der Waals surface area contributed by atoms with Crippen LogP contribution in [-0.2, 0) is 0 Å². The van der Waals surface area contributed by atoms with Crippen LogP contribution >= 0.6 is 15.9 Å².